The van der Waals surface area contributed by atoms with Crippen LogP contribution in [-0.2, 0) is 9.53 Å². The Hall–Kier alpha value is -3.83. The Morgan fingerprint density at radius 2 is 1.76 bits per heavy atom. The first-order valence-electron chi connectivity index (χ1n) is 13.4. The molecule has 1 aromatic carbocycles. The minimum atomic E-state index is -0.988. The van der Waals surface area contributed by atoms with E-state index in [0.717, 1.165) is 37.0 Å². The zero-order chi connectivity index (χ0) is 29.7. The molecule has 0 spiro atoms. The van der Waals surface area contributed by atoms with Gasteiger partial charge in [0, 0.05) is 0 Å². The predicted octanol–water partition coefficient (Wildman–Crippen LogP) is 6.61. The van der Waals surface area contributed by atoms with Crippen molar-refractivity contribution >= 4 is 45.5 Å². The monoisotopic (exact) mass is 595 g/mol. The van der Waals surface area contributed by atoms with Gasteiger partial charge in [-0.1, -0.05) is 62.3 Å². The van der Waals surface area contributed by atoms with E-state index in [1.807, 2.05) is 0 Å². The first kappa shape index (κ1) is 30.1. The Kier molecular flexibility index (Phi) is 9.72. The van der Waals surface area contributed by atoms with Crippen LogP contribution in [-0.4, -0.2) is 45.9 Å². The summed E-state index contributed by atoms with van der Waals surface area (Å²) in [6.07, 6.45) is 5.80. The fourth-order valence-corrected chi connectivity index (χ4v) is 6.42. The van der Waals surface area contributed by atoms with E-state index in [9.17, 15) is 19.5 Å². The normalized spacial score (nSPS) is 15.0. The average Bonchev–Trinajstić information content (AvgIpc) is 3.59. The highest BCUT2D eigenvalue weighted by Gasteiger charge is 2.47. The van der Waals surface area contributed by atoms with Gasteiger partial charge in [-0.05, 0) is 44.9 Å². The number of carbonyl (C=O) groups is 3. The lowest BCUT2D eigenvalue weighted by atomic mass is 9.95. The van der Waals surface area contributed by atoms with Crippen molar-refractivity contribution in [3.05, 3.63) is 80.0 Å². The van der Waals surface area contributed by atoms with Crippen molar-refractivity contribution in [1.29, 1.82) is 0 Å². The van der Waals surface area contributed by atoms with Crippen molar-refractivity contribution in [3.63, 3.8) is 0 Å². The van der Waals surface area contributed by atoms with E-state index in [1.54, 1.807) is 45.0 Å². The summed E-state index contributed by atoms with van der Waals surface area (Å²) in [5, 5.41) is 11.9. The summed E-state index contributed by atoms with van der Waals surface area (Å²) in [4.78, 5) is 50.6. The van der Waals surface area contributed by atoms with Crippen LogP contribution >= 0.6 is 22.7 Å². The molecule has 0 fully saturated rings. The number of ether oxygens (including phenoxy) is 2. The molecule has 1 N–H and O–H groups in total. The predicted molar refractivity (Wildman–Crippen MR) is 159 cm³/mol. The number of unbranched alkanes of at least 4 members (excludes halogenated alkanes) is 3. The zero-order valence-electron chi connectivity index (χ0n) is 23.6. The number of aliphatic hydroxyl groups excluding tert-OH is 1. The standard InChI is InChI=1S/C30H33N3O6S2/c1-6-8-9-10-16-38-21-13-11-20(12-14-21)23-22(24(34)26-17(3)31-19(5)40-26)25(35)28(36)33(23)30-32-18(4)27(41-30)29(37)39-15-7-2/h7,11-14,23,35H,2,6,8-10,15-16H2,1,3-5H3. The van der Waals surface area contributed by atoms with E-state index < -0.39 is 29.5 Å². The maximum absolute atomic E-state index is 13.8. The van der Waals surface area contributed by atoms with Crippen molar-refractivity contribution in [2.75, 3.05) is 18.1 Å². The van der Waals surface area contributed by atoms with Gasteiger partial charge >= 0.3 is 5.97 Å². The molecular formula is C30H33N3O6S2. The Bertz CT molecular complexity index is 1490. The molecule has 3 aromatic rings. The number of benzene rings is 1. The van der Waals surface area contributed by atoms with E-state index in [0.29, 0.717) is 39.2 Å². The number of esters is 1. The summed E-state index contributed by atoms with van der Waals surface area (Å²) < 4.78 is 11.0. The summed E-state index contributed by atoms with van der Waals surface area (Å²) in [6, 6.07) is 6.11. The van der Waals surface area contributed by atoms with Crippen molar-refractivity contribution < 1.29 is 29.0 Å². The highest BCUT2D eigenvalue weighted by molar-refractivity contribution is 7.17. The Morgan fingerprint density at radius 1 is 1.05 bits per heavy atom. The maximum Gasteiger partial charge on any atom is 0.350 e. The van der Waals surface area contributed by atoms with Crippen molar-refractivity contribution in [3.8, 4) is 5.75 Å². The molecule has 1 aliphatic rings. The number of amides is 1. The fraction of sp³-hybridized carbons (Fsp3) is 0.367. The second-order valence-electron chi connectivity index (χ2n) is 9.59. The topological polar surface area (TPSA) is 119 Å². The van der Waals surface area contributed by atoms with E-state index >= 15 is 0 Å². The molecule has 1 amide bonds. The number of aromatic nitrogens is 2. The van der Waals surface area contributed by atoms with E-state index in [-0.39, 0.29) is 22.2 Å². The summed E-state index contributed by atoms with van der Waals surface area (Å²) in [5.41, 5.74) is 1.39. The van der Waals surface area contributed by atoms with E-state index in [4.69, 9.17) is 9.47 Å². The third kappa shape index (κ3) is 6.41. The molecule has 41 heavy (non-hydrogen) atoms. The van der Waals surface area contributed by atoms with Gasteiger partial charge in [-0.3, -0.25) is 14.5 Å². The minimum Gasteiger partial charge on any atom is -0.503 e. The highest BCUT2D eigenvalue weighted by Crippen LogP contribution is 2.44. The van der Waals surface area contributed by atoms with Crippen LogP contribution in [0.25, 0.3) is 0 Å². The Labute approximate surface area is 247 Å². The van der Waals surface area contributed by atoms with Gasteiger partial charge in [0.15, 0.2) is 10.9 Å². The summed E-state index contributed by atoms with van der Waals surface area (Å²) >= 11 is 2.16. The summed E-state index contributed by atoms with van der Waals surface area (Å²) in [5.74, 6) is -1.87. The van der Waals surface area contributed by atoms with Crippen LogP contribution in [0.2, 0.25) is 0 Å². The molecular weight excluding hydrogens is 562 g/mol. The lowest BCUT2D eigenvalue weighted by molar-refractivity contribution is -0.117. The number of rotatable bonds is 13. The number of nitrogens with zero attached hydrogens (tertiary/aromatic N) is 3. The van der Waals surface area contributed by atoms with Crippen LogP contribution in [0.15, 0.2) is 48.3 Å². The van der Waals surface area contributed by atoms with Gasteiger partial charge in [0.05, 0.1) is 39.5 Å². The largest absolute Gasteiger partial charge is 0.503 e. The quantitative estimate of drug-likeness (QED) is 0.101. The Morgan fingerprint density at radius 3 is 2.39 bits per heavy atom. The Balaban J connectivity index is 1.73. The molecule has 11 heteroatoms. The molecule has 0 saturated carbocycles. The average molecular weight is 596 g/mol. The molecule has 2 aromatic heterocycles. The van der Waals surface area contributed by atoms with Gasteiger partial charge in [-0.15, -0.1) is 11.3 Å². The molecule has 0 saturated heterocycles. The van der Waals surface area contributed by atoms with E-state index in [2.05, 4.69) is 23.5 Å². The second kappa shape index (κ2) is 13.2. The third-order valence-electron chi connectivity index (χ3n) is 6.53. The molecule has 0 bridgehead atoms. The van der Waals surface area contributed by atoms with Gasteiger partial charge < -0.3 is 14.6 Å². The molecule has 1 aliphatic heterocycles. The van der Waals surface area contributed by atoms with Crippen LogP contribution in [0.3, 0.4) is 0 Å². The number of hydrogen-bond acceptors (Lipinski definition) is 10. The third-order valence-corrected chi connectivity index (χ3v) is 8.74. The van der Waals surface area contributed by atoms with Gasteiger partial charge in [0.1, 0.15) is 17.2 Å². The number of aryl methyl sites for hydroxylation is 3. The smallest absolute Gasteiger partial charge is 0.350 e. The van der Waals surface area contributed by atoms with Crippen LogP contribution in [0, 0.1) is 20.8 Å². The summed E-state index contributed by atoms with van der Waals surface area (Å²) in [7, 11) is 0. The van der Waals surface area contributed by atoms with Gasteiger partial charge in [-0.2, -0.15) is 0 Å². The highest BCUT2D eigenvalue weighted by atomic mass is 32.1. The number of hydrogen-bond donors (Lipinski definition) is 1. The van der Waals surface area contributed by atoms with E-state index in [1.165, 1.54) is 22.3 Å². The SMILES string of the molecule is C=CCOC(=O)c1sc(N2C(=O)C(O)=C(C(=O)c3sc(C)nc3C)C2c2ccc(OCCCCCC)cc2)nc1C. The number of carbonyl (C=O) groups excluding carboxylic acids is 3. The minimum absolute atomic E-state index is 0.0262. The number of aliphatic hydroxyl groups is 1. The van der Waals surface area contributed by atoms with Crippen LogP contribution in [0.4, 0.5) is 5.13 Å². The lowest BCUT2D eigenvalue weighted by Gasteiger charge is -2.24. The summed E-state index contributed by atoms with van der Waals surface area (Å²) in [6.45, 7) is 11.5. The van der Waals surface area contributed by atoms with Crippen molar-refractivity contribution in [1.82, 2.24) is 9.97 Å². The number of Topliss-reactive ketones (excluding diaryl/α,β-unsaturated/α-hetero) is 1. The van der Waals surface area contributed by atoms with Crippen LogP contribution in [0.1, 0.15) is 80.0 Å². The van der Waals surface area contributed by atoms with Crippen molar-refractivity contribution in [2.24, 2.45) is 0 Å². The second-order valence-corrected chi connectivity index (χ2v) is 11.8. The van der Waals surface area contributed by atoms with Crippen molar-refractivity contribution in [2.45, 2.75) is 59.4 Å². The number of ketones is 1. The lowest BCUT2D eigenvalue weighted by Crippen LogP contribution is -2.31. The first-order valence-corrected chi connectivity index (χ1v) is 15.0. The number of anilines is 1. The van der Waals surface area contributed by atoms with Gasteiger partial charge in [0.2, 0.25) is 5.78 Å². The zero-order valence-corrected chi connectivity index (χ0v) is 25.2. The molecule has 1 atom stereocenters. The molecule has 9 nitrogen and oxygen atoms in total. The molecule has 4 rings (SSSR count). The first-order chi connectivity index (χ1) is 19.7. The molecule has 0 aliphatic carbocycles. The van der Waals surface area contributed by atoms with Gasteiger partial charge in [-0.25, -0.2) is 14.8 Å². The molecule has 216 valence electrons. The van der Waals surface area contributed by atoms with Gasteiger partial charge in [0.25, 0.3) is 5.91 Å². The maximum atomic E-state index is 13.8. The molecule has 1 unspecified atom stereocenters. The number of thiazole rings is 2. The molecule has 0 radical (unpaired) electrons. The van der Waals surface area contributed by atoms with Crippen LogP contribution < -0.4 is 9.64 Å². The van der Waals surface area contributed by atoms with Crippen LogP contribution in [0.5, 0.6) is 5.75 Å². The molecule has 3 heterocycles. The fourth-order valence-electron chi connectivity index (χ4n) is 4.55.